The predicted octanol–water partition coefficient (Wildman–Crippen LogP) is 2.33. The Kier molecular flexibility index (Phi) is 4.40. The maximum absolute atomic E-state index is 10.6. The van der Waals surface area contributed by atoms with Crippen molar-refractivity contribution in [3.63, 3.8) is 0 Å². The number of pyridine rings is 1. The SMILES string of the molecule is OC(=CC1=Nc2cc(N3CCOCC3)ccc2C2=NCCN12)c1cncc(O)c1. The molecule has 0 radical (unpaired) electrons. The molecule has 2 aromatic rings. The number of aliphatic hydroxyl groups excluding tert-OH is 1. The number of aromatic hydroxyl groups is 1. The summed E-state index contributed by atoms with van der Waals surface area (Å²) in [5.41, 5.74) is 3.36. The molecular weight excluding hydrogens is 370 g/mol. The lowest BCUT2D eigenvalue weighted by Gasteiger charge is -2.31. The number of benzene rings is 1. The van der Waals surface area contributed by atoms with Gasteiger partial charge in [-0.1, -0.05) is 0 Å². The number of ether oxygens (including phenoxy) is 1. The van der Waals surface area contributed by atoms with Crippen LogP contribution in [0.5, 0.6) is 5.75 Å². The van der Waals surface area contributed by atoms with Gasteiger partial charge < -0.3 is 24.7 Å². The summed E-state index contributed by atoms with van der Waals surface area (Å²) >= 11 is 0. The molecule has 4 heterocycles. The number of hydrogen-bond acceptors (Lipinski definition) is 8. The van der Waals surface area contributed by atoms with Gasteiger partial charge in [0, 0.05) is 48.7 Å². The molecule has 0 saturated carbocycles. The van der Waals surface area contributed by atoms with Crippen LogP contribution in [0.3, 0.4) is 0 Å². The highest BCUT2D eigenvalue weighted by atomic mass is 16.5. The van der Waals surface area contributed by atoms with Crippen LogP contribution in [0.25, 0.3) is 5.76 Å². The van der Waals surface area contributed by atoms with Crippen molar-refractivity contribution >= 4 is 28.8 Å². The first-order valence-electron chi connectivity index (χ1n) is 9.62. The van der Waals surface area contributed by atoms with Crippen molar-refractivity contribution in [2.75, 3.05) is 44.3 Å². The van der Waals surface area contributed by atoms with Gasteiger partial charge in [0.2, 0.25) is 0 Å². The Morgan fingerprint density at radius 2 is 1.97 bits per heavy atom. The van der Waals surface area contributed by atoms with Crippen molar-refractivity contribution in [3.05, 3.63) is 53.9 Å². The van der Waals surface area contributed by atoms with Crippen LogP contribution in [0.1, 0.15) is 11.1 Å². The summed E-state index contributed by atoms with van der Waals surface area (Å²) in [4.78, 5) is 17.7. The normalized spacial score (nSPS) is 18.8. The van der Waals surface area contributed by atoms with Crippen molar-refractivity contribution < 1.29 is 14.9 Å². The molecule has 29 heavy (non-hydrogen) atoms. The number of aromatic nitrogens is 1. The Morgan fingerprint density at radius 3 is 2.79 bits per heavy atom. The van der Waals surface area contributed by atoms with Gasteiger partial charge in [-0.05, 0) is 24.3 Å². The third-order valence-corrected chi connectivity index (χ3v) is 5.24. The van der Waals surface area contributed by atoms with E-state index in [1.807, 2.05) is 4.90 Å². The largest absolute Gasteiger partial charge is 0.507 e. The molecule has 2 N–H and O–H groups in total. The summed E-state index contributed by atoms with van der Waals surface area (Å²) < 4.78 is 5.45. The van der Waals surface area contributed by atoms with Crippen molar-refractivity contribution in [1.29, 1.82) is 0 Å². The van der Waals surface area contributed by atoms with Crippen LogP contribution in [0.2, 0.25) is 0 Å². The Labute approximate surface area is 168 Å². The van der Waals surface area contributed by atoms with Crippen molar-refractivity contribution in [2.45, 2.75) is 0 Å². The zero-order valence-electron chi connectivity index (χ0n) is 15.8. The van der Waals surface area contributed by atoms with Gasteiger partial charge in [-0.15, -0.1) is 0 Å². The van der Waals surface area contributed by atoms with E-state index in [1.54, 1.807) is 6.08 Å². The van der Waals surface area contributed by atoms with Gasteiger partial charge in [0.05, 0.1) is 31.6 Å². The Balaban J connectivity index is 1.54. The van der Waals surface area contributed by atoms with E-state index in [-0.39, 0.29) is 11.5 Å². The average molecular weight is 391 g/mol. The van der Waals surface area contributed by atoms with E-state index < -0.39 is 0 Å². The number of nitrogens with zero attached hydrogens (tertiary/aromatic N) is 5. The third-order valence-electron chi connectivity index (χ3n) is 5.24. The van der Waals surface area contributed by atoms with E-state index in [2.05, 4.69) is 33.1 Å². The van der Waals surface area contributed by atoms with Crippen LogP contribution in [0.4, 0.5) is 11.4 Å². The number of aliphatic hydroxyl groups is 1. The van der Waals surface area contributed by atoms with E-state index >= 15 is 0 Å². The highest BCUT2D eigenvalue weighted by Crippen LogP contribution is 2.33. The molecule has 1 aromatic heterocycles. The molecule has 0 amide bonds. The van der Waals surface area contributed by atoms with Crippen LogP contribution in [0.15, 0.2) is 52.7 Å². The Hall–Kier alpha value is -3.39. The first kappa shape index (κ1) is 17.7. The number of morpholine rings is 1. The summed E-state index contributed by atoms with van der Waals surface area (Å²) in [6.45, 7) is 4.55. The predicted molar refractivity (Wildman–Crippen MR) is 111 cm³/mol. The lowest BCUT2D eigenvalue weighted by atomic mass is 10.1. The molecule has 0 aliphatic carbocycles. The fraction of sp³-hybridized carbons (Fsp3) is 0.286. The van der Waals surface area contributed by atoms with E-state index in [4.69, 9.17) is 9.73 Å². The van der Waals surface area contributed by atoms with Gasteiger partial charge in [0.1, 0.15) is 23.2 Å². The van der Waals surface area contributed by atoms with E-state index in [1.165, 1.54) is 18.5 Å². The van der Waals surface area contributed by atoms with Crippen LogP contribution in [0, 0.1) is 0 Å². The van der Waals surface area contributed by atoms with Gasteiger partial charge in [0.25, 0.3) is 0 Å². The molecule has 1 saturated heterocycles. The number of amidine groups is 2. The molecule has 148 valence electrons. The molecule has 8 nitrogen and oxygen atoms in total. The quantitative estimate of drug-likeness (QED) is 0.780. The third kappa shape index (κ3) is 3.31. The second kappa shape index (κ2) is 7.21. The monoisotopic (exact) mass is 391 g/mol. The zero-order valence-corrected chi connectivity index (χ0v) is 15.8. The summed E-state index contributed by atoms with van der Waals surface area (Å²) in [5.74, 6) is 1.48. The van der Waals surface area contributed by atoms with E-state index in [0.29, 0.717) is 24.5 Å². The van der Waals surface area contributed by atoms with Crippen molar-refractivity contribution in [3.8, 4) is 5.75 Å². The summed E-state index contributed by atoms with van der Waals surface area (Å²) in [7, 11) is 0. The first-order valence-corrected chi connectivity index (χ1v) is 9.62. The van der Waals surface area contributed by atoms with Gasteiger partial charge >= 0.3 is 0 Å². The second-order valence-electron chi connectivity index (χ2n) is 7.09. The van der Waals surface area contributed by atoms with Gasteiger partial charge in [-0.25, -0.2) is 4.99 Å². The molecule has 3 aliphatic rings. The number of aliphatic imine (C=N–C) groups is 2. The van der Waals surface area contributed by atoms with Gasteiger partial charge in [0.15, 0.2) is 0 Å². The summed E-state index contributed by atoms with van der Waals surface area (Å²) in [6, 6.07) is 7.71. The first-order chi connectivity index (χ1) is 14.2. The minimum Gasteiger partial charge on any atom is -0.507 e. The van der Waals surface area contributed by atoms with Crippen LogP contribution in [-0.2, 0) is 4.74 Å². The van der Waals surface area contributed by atoms with E-state index in [9.17, 15) is 10.2 Å². The number of hydrogen-bond donors (Lipinski definition) is 2. The number of rotatable bonds is 3. The van der Waals surface area contributed by atoms with Crippen molar-refractivity contribution in [2.24, 2.45) is 9.98 Å². The van der Waals surface area contributed by atoms with Crippen LogP contribution in [-0.4, -0.2) is 71.2 Å². The molecule has 3 aliphatic heterocycles. The number of fused-ring (bicyclic) bond motifs is 3. The van der Waals surface area contributed by atoms with E-state index in [0.717, 1.165) is 49.1 Å². The fourth-order valence-electron chi connectivity index (χ4n) is 3.79. The minimum atomic E-state index is -0.00816. The Bertz CT molecular complexity index is 1040. The van der Waals surface area contributed by atoms with Crippen molar-refractivity contribution in [1.82, 2.24) is 9.88 Å². The maximum atomic E-state index is 10.6. The van der Waals surface area contributed by atoms with Crippen LogP contribution >= 0.6 is 0 Å². The molecule has 5 rings (SSSR count). The van der Waals surface area contributed by atoms with Crippen LogP contribution < -0.4 is 4.90 Å². The topological polar surface area (TPSA) is 93.8 Å². The molecule has 0 bridgehead atoms. The zero-order chi connectivity index (χ0) is 19.8. The molecule has 0 spiro atoms. The molecule has 1 aromatic carbocycles. The lowest BCUT2D eigenvalue weighted by Crippen LogP contribution is -2.37. The highest BCUT2D eigenvalue weighted by molar-refractivity contribution is 6.20. The van der Waals surface area contributed by atoms with Gasteiger partial charge in [-0.3, -0.25) is 9.98 Å². The molecule has 8 heteroatoms. The lowest BCUT2D eigenvalue weighted by molar-refractivity contribution is 0.122. The number of anilines is 1. The molecular formula is C21H21N5O3. The second-order valence-corrected chi connectivity index (χ2v) is 7.09. The molecule has 0 unspecified atom stereocenters. The maximum Gasteiger partial charge on any atom is 0.138 e. The van der Waals surface area contributed by atoms with Gasteiger partial charge in [-0.2, -0.15) is 0 Å². The molecule has 1 fully saturated rings. The molecule has 0 atom stereocenters. The average Bonchev–Trinajstić information content (AvgIpc) is 3.24. The summed E-state index contributed by atoms with van der Waals surface area (Å²) in [5, 5.41) is 20.2. The smallest absolute Gasteiger partial charge is 0.138 e. The highest BCUT2D eigenvalue weighted by Gasteiger charge is 2.29. The summed E-state index contributed by atoms with van der Waals surface area (Å²) in [6.07, 6.45) is 4.42. The Morgan fingerprint density at radius 1 is 1.10 bits per heavy atom. The standard InChI is InChI=1S/C21H21N5O3/c27-16-9-14(12-22-13-16)19(28)11-20-24-18-10-15(25-5-7-29-8-6-25)1-2-17(18)21-23-3-4-26(20)21/h1-2,9-13,27-28H,3-8H2. The minimum absolute atomic E-state index is 0.00282. The fourth-order valence-corrected chi connectivity index (χ4v) is 3.79.